The van der Waals surface area contributed by atoms with Gasteiger partial charge in [0.1, 0.15) is 0 Å². The standard InChI is InChI=1S/C59H64N4S/c1-39-28-29-46-37-55-51(38-56(46)64-40(2)32-39)50-26-16-17-27-53(50)63(55)54-31-30-45(49-34-47(41-18-8-4-9-19-41)33-48(35-49)42-20-10-5-11-21-42)36-52(54)59-61-57(43-22-12-6-13-23-43)60-58(62(59)3)44-24-14-7-15-25-44/h4,6-9,12-19,22-30,34-36,38-40,42,46,48,54,57-61H,5,10-11,20-21,31-33,37H2,1-3H3/b29-28-/t39?,40?,46?,48-,54?,57?,58?,59?/m1/s1. The van der Waals surface area contributed by atoms with Crippen LogP contribution in [0.15, 0.2) is 173 Å². The summed E-state index contributed by atoms with van der Waals surface area (Å²) < 4.78 is 2.79. The molecule has 5 aromatic rings. The smallest absolute Gasteiger partial charge is 0.0887 e. The van der Waals surface area contributed by atoms with Gasteiger partial charge in [0, 0.05) is 33.3 Å². The molecule has 1 saturated carbocycles. The van der Waals surface area contributed by atoms with Gasteiger partial charge in [-0.2, -0.15) is 0 Å². The van der Waals surface area contributed by atoms with E-state index < -0.39 is 0 Å². The van der Waals surface area contributed by atoms with E-state index in [0.29, 0.717) is 23.0 Å². The number of fused-ring (bicyclic) bond motifs is 4. The average molecular weight is 861 g/mol. The first-order valence-corrected chi connectivity index (χ1v) is 25.2. The topological polar surface area (TPSA) is 32.2 Å². The predicted molar refractivity (Wildman–Crippen MR) is 270 cm³/mol. The first kappa shape index (κ1) is 41.8. The lowest BCUT2D eigenvalue weighted by molar-refractivity contribution is 0.0563. The van der Waals surface area contributed by atoms with Crippen LogP contribution in [0.2, 0.25) is 0 Å². The van der Waals surface area contributed by atoms with Gasteiger partial charge in [0.2, 0.25) is 0 Å². The fraction of sp³-hybridized carbons (Fsp3) is 0.356. The molecule has 4 aliphatic carbocycles. The monoisotopic (exact) mass is 860 g/mol. The highest BCUT2D eigenvalue weighted by Crippen LogP contribution is 2.49. The summed E-state index contributed by atoms with van der Waals surface area (Å²) in [7, 11) is 2.32. The molecule has 4 aromatic carbocycles. The highest BCUT2D eigenvalue weighted by molar-refractivity contribution is 8.03. The number of nitrogens with one attached hydrogen (secondary N) is 2. The number of para-hydroxylation sites is 1. The molecule has 7 unspecified atom stereocenters. The van der Waals surface area contributed by atoms with Crippen LogP contribution < -0.4 is 10.6 Å². The van der Waals surface area contributed by atoms with E-state index in [1.165, 1.54) is 105 Å². The van der Waals surface area contributed by atoms with Crippen molar-refractivity contribution in [1.29, 1.82) is 0 Å². The van der Waals surface area contributed by atoms with Crippen molar-refractivity contribution in [3.8, 4) is 0 Å². The quantitative estimate of drug-likeness (QED) is 0.160. The minimum Gasteiger partial charge on any atom is -0.336 e. The van der Waals surface area contributed by atoms with E-state index in [1.807, 2.05) is 0 Å². The third-order valence-electron chi connectivity index (χ3n) is 15.4. The van der Waals surface area contributed by atoms with Gasteiger partial charge in [0.25, 0.3) is 0 Å². The zero-order valence-corrected chi connectivity index (χ0v) is 38.7. The van der Waals surface area contributed by atoms with Crippen molar-refractivity contribution in [2.24, 2.45) is 23.7 Å². The zero-order valence-electron chi connectivity index (χ0n) is 37.9. The van der Waals surface area contributed by atoms with E-state index in [0.717, 1.165) is 25.2 Å². The molecule has 0 amide bonds. The lowest BCUT2D eigenvalue weighted by Crippen LogP contribution is -2.60. The molecular formula is C59H64N4S. The molecule has 5 heteroatoms. The number of rotatable bonds is 7. The summed E-state index contributed by atoms with van der Waals surface area (Å²) >= 11 is 2.11. The number of likely N-dealkylation sites (N-methyl/N-ethyl adjacent to an activating group) is 1. The normalized spacial score (nSPS) is 29.5. The molecule has 11 rings (SSSR count). The third kappa shape index (κ3) is 8.19. The van der Waals surface area contributed by atoms with Gasteiger partial charge in [-0.25, -0.2) is 0 Å². The minimum atomic E-state index is -0.0497. The molecule has 64 heavy (non-hydrogen) atoms. The van der Waals surface area contributed by atoms with Crippen molar-refractivity contribution in [2.75, 3.05) is 7.05 Å². The molecular weight excluding hydrogens is 797 g/mol. The highest BCUT2D eigenvalue weighted by Gasteiger charge is 2.41. The van der Waals surface area contributed by atoms with Gasteiger partial charge in [0.15, 0.2) is 0 Å². The molecule has 6 aliphatic rings. The number of nitrogens with zero attached hydrogens (tertiary/aromatic N) is 2. The zero-order chi connectivity index (χ0) is 43.1. The van der Waals surface area contributed by atoms with E-state index in [9.17, 15) is 0 Å². The van der Waals surface area contributed by atoms with Crippen LogP contribution in [-0.2, 0) is 6.42 Å². The van der Waals surface area contributed by atoms with Crippen LogP contribution in [0.25, 0.3) is 22.6 Å². The number of benzene rings is 4. The number of allylic oxidation sites excluding steroid dienone is 10. The van der Waals surface area contributed by atoms with Gasteiger partial charge < -0.3 is 4.57 Å². The van der Waals surface area contributed by atoms with E-state index in [4.69, 9.17) is 0 Å². The number of thioether (sulfide) groups is 1. The molecule has 2 aliphatic heterocycles. The van der Waals surface area contributed by atoms with Crippen LogP contribution in [0, 0.1) is 23.7 Å². The maximum Gasteiger partial charge on any atom is 0.0887 e. The molecule has 0 spiro atoms. The number of hydrogen-bond donors (Lipinski definition) is 2. The third-order valence-corrected chi connectivity index (χ3v) is 16.6. The molecule has 2 N–H and O–H groups in total. The Labute approximate surface area is 386 Å². The second-order valence-electron chi connectivity index (χ2n) is 19.7. The van der Waals surface area contributed by atoms with E-state index in [2.05, 4.69) is 211 Å². The van der Waals surface area contributed by atoms with Crippen molar-refractivity contribution >= 4 is 34.3 Å². The van der Waals surface area contributed by atoms with Crippen LogP contribution in [0.5, 0.6) is 0 Å². The van der Waals surface area contributed by atoms with Gasteiger partial charge in [-0.15, -0.1) is 11.8 Å². The van der Waals surface area contributed by atoms with Gasteiger partial charge in [-0.1, -0.05) is 179 Å². The van der Waals surface area contributed by atoms with Gasteiger partial charge in [0.05, 0.1) is 24.5 Å². The summed E-state index contributed by atoms with van der Waals surface area (Å²) in [6.45, 7) is 4.81. The maximum atomic E-state index is 4.24. The van der Waals surface area contributed by atoms with Crippen molar-refractivity contribution in [2.45, 2.75) is 101 Å². The average Bonchev–Trinajstić information content (AvgIpc) is 3.66. The summed E-state index contributed by atoms with van der Waals surface area (Å²) in [5.74, 6) is 2.28. The van der Waals surface area contributed by atoms with Crippen LogP contribution in [0.4, 0.5) is 0 Å². The van der Waals surface area contributed by atoms with Crippen molar-refractivity contribution in [3.63, 3.8) is 0 Å². The summed E-state index contributed by atoms with van der Waals surface area (Å²) in [5.41, 5.74) is 13.8. The number of aromatic nitrogens is 1. The Hall–Kier alpha value is -4.91. The largest absolute Gasteiger partial charge is 0.336 e. The van der Waals surface area contributed by atoms with E-state index >= 15 is 0 Å². The Morgan fingerprint density at radius 2 is 1.38 bits per heavy atom. The van der Waals surface area contributed by atoms with Crippen LogP contribution in [0.3, 0.4) is 0 Å². The summed E-state index contributed by atoms with van der Waals surface area (Å²) in [4.78, 5) is 4.09. The fourth-order valence-electron chi connectivity index (χ4n) is 12.2. The van der Waals surface area contributed by atoms with E-state index in [-0.39, 0.29) is 24.5 Å². The van der Waals surface area contributed by atoms with Crippen molar-refractivity contribution in [3.05, 3.63) is 201 Å². The summed E-state index contributed by atoms with van der Waals surface area (Å²) in [6, 6.07) is 42.7. The van der Waals surface area contributed by atoms with Gasteiger partial charge in [-0.3, -0.25) is 15.5 Å². The van der Waals surface area contributed by atoms with Crippen molar-refractivity contribution < 1.29 is 0 Å². The molecule has 4 nitrogen and oxygen atoms in total. The fourth-order valence-corrected chi connectivity index (χ4v) is 13.5. The summed E-state index contributed by atoms with van der Waals surface area (Å²) in [6.07, 6.45) is 29.1. The summed E-state index contributed by atoms with van der Waals surface area (Å²) in [5, 5.41) is 10.3. The Balaban J connectivity index is 1.08. The Kier molecular flexibility index (Phi) is 11.9. The molecule has 8 atom stereocenters. The van der Waals surface area contributed by atoms with E-state index in [1.54, 1.807) is 0 Å². The van der Waals surface area contributed by atoms with Crippen molar-refractivity contribution in [1.82, 2.24) is 20.1 Å². The van der Waals surface area contributed by atoms with Crippen LogP contribution in [0.1, 0.15) is 112 Å². The molecule has 0 bridgehead atoms. The maximum absolute atomic E-state index is 4.24. The molecule has 326 valence electrons. The molecule has 1 saturated heterocycles. The number of hydrogen-bond acceptors (Lipinski definition) is 4. The second kappa shape index (κ2) is 18.2. The Bertz CT molecular complexity index is 2660. The SMILES string of the molecule is CC1/C=C\C2Cc3c(c4ccccc4n3C3CC=C(C4=C[C@H](C5CCCCC5)CC(c5ccccc5)=C4)C=C3C3NC(c4ccccc4)NC(c4ccccc4)N3C)C=C2SC(C)C1. The lowest BCUT2D eigenvalue weighted by Gasteiger charge is -2.48. The van der Waals surface area contributed by atoms with Crippen LogP contribution >= 0.6 is 11.8 Å². The van der Waals surface area contributed by atoms with Crippen LogP contribution in [-0.4, -0.2) is 27.9 Å². The van der Waals surface area contributed by atoms with Gasteiger partial charge >= 0.3 is 0 Å². The van der Waals surface area contributed by atoms with Gasteiger partial charge in [-0.05, 0) is 119 Å². The highest BCUT2D eigenvalue weighted by atomic mass is 32.2. The second-order valence-corrected chi connectivity index (χ2v) is 21.2. The molecule has 3 heterocycles. The molecule has 1 aromatic heterocycles. The molecule has 2 fully saturated rings. The first-order chi connectivity index (χ1) is 31.4. The minimum absolute atomic E-state index is 0.00426. The lowest BCUT2D eigenvalue weighted by atomic mass is 9.72. The predicted octanol–water partition coefficient (Wildman–Crippen LogP) is 14.1. The first-order valence-electron chi connectivity index (χ1n) is 24.4. The Morgan fingerprint density at radius 1 is 0.672 bits per heavy atom. The Morgan fingerprint density at radius 3 is 2.16 bits per heavy atom. The molecule has 0 radical (unpaired) electrons.